The van der Waals surface area contributed by atoms with Crippen molar-refractivity contribution in [1.82, 2.24) is 4.90 Å². The van der Waals surface area contributed by atoms with Crippen LogP contribution in [-0.4, -0.2) is 50.2 Å². The van der Waals surface area contributed by atoms with Crippen LogP contribution >= 0.6 is 0 Å². The van der Waals surface area contributed by atoms with Gasteiger partial charge in [-0.25, -0.2) is 0 Å². The Morgan fingerprint density at radius 1 is 0.839 bits per heavy atom. The fourth-order valence-electron chi connectivity index (χ4n) is 4.83. The van der Waals surface area contributed by atoms with Crippen LogP contribution in [0.15, 0.2) is 0 Å². The Bertz CT molecular complexity index is 468. The summed E-state index contributed by atoms with van der Waals surface area (Å²) in [5, 5.41) is 0. The zero-order chi connectivity index (χ0) is 22.7. The van der Waals surface area contributed by atoms with Crippen LogP contribution in [0.5, 0.6) is 0 Å². The van der Waals surface area contributed by atoms with Gasteiger partial charge in [0.25, 0.3) is 0 Å². The van der Waals surface area contributed by atoms with Gasteiger partial charge in [0, 0.05) is 13.0 Å². The number of likely N-dealkylation sites (tertiary alicyclic amines) is 1. The standard InChI is InChI=1S/C26H49NO4/c1-4-5-6-7-8-10-13-17-23(18-14-11-9-12-15-20-25(28)30-2)22-27-21-16-19-24(27)26(29)31-3/h23-24H,4-22H2,1-3H3. The summed E-state index contributed by atoms with van der Waals surface area (Å²) in [6.07, 6.45) is 20.3. The highest BCUT2D eigenvalue weighted by Gasteiger charge is 2.32. The molecule has 0 aromatic carbocycles. The quantitative estimate of drug-likeness (QED) is 0.175. The lowest BCUT2D eigenvalue weighted by Gasteiger charge is -2.27. The minimum Gasteiger partial charge on any atom is -0.469 e. The van der Waals surface area contributed by atoms with E-state index in [0.29, 0.717) is 12.3 Å². The lowest BCUT2D eigenvalue weighted by molar-refractivity contribution is -0.146. The third-order valence-corrected chi connectivity index (χ3v) is 6.77. The van der Waals surface area contributed by atoms with Gasteiger partial charge in [0.05, 0.1) is 14.2 Å². The number of ether oxygens (including phenoxy) is 2. The molecule has 0 aromatic heterocycles. The Morgan fingerprint density at radius 2 is 1.42 bits per heavy atom. The Hall–Kier alpha value is -1.10. The number of methoxy groups -OCH3 is 2. The van der Waals surface area contributed by atoms with E-state index in [1.807, 2.05) is 0 Å². The molecule has 1 aliphatic rings. The van der Waals surface area contributed by atoms with E-state index in [-0.39, 0.29) is 18.0 Å². The fourth-order valence-corrected chi connectivity index (χ4v) is 4.83. The van der Waals surface area contributed by atoms with Crippen molar-refractivity contribution in [3.63, 3.8) is 0 Å². The maximum Gasteiger partial charge on any atom is 0.323 e. The van der Waals surface area contributed by atoms with Crippen LogP contribution < -0.4 is 0 Å². The average molecular weight is 440 g/mol. The van der Waals surface area contributed by atoms with Crippen LogP contribution in [0.2, 0.25) is 0 Å². The molecule has 2 atom stereocenters. The van der Waals surface area contributed by atoms with E-state index in [1.54, 1.807) is 0 Å². The maximum atomic E-state index is 12.1. The molecule has 1 rings (SSSR count). The molecular weight excluding hydrogens is 390 g/mol. The number of unbranched alkanes of at least 4 members (excludes halogenated alkanes) is 10. The molecule has 0 N–H and O–H groups in total. The van der Waals surface area contributed by atoms with Crippen LogP contribution in [0, 0.1) is 5.92 Å². The summed E-state index contributed by atoms with van der Waals surface area (Å²) in [5.41, 5.74) is 0. The summed E-state index contributed by atoms with van der Waals surface area (Å²) in [4.78, 5) is 25.7. The summed E-state index contributed by atoms with van der Waals surface area (Å²) in [7, 11) is 2.97. The number of hydrogen-bond acceptors (Lipinski definition) is 5. The average Bonchev–Trinajstić information content (AvgIpc) is 3.24. The first-order chi connectivity index (χ1) is 15.1. The highest BCUT2D eigenvalue weighted by atomic mass is 16.5. The molecule has 0 radical (unpaired) electrons. The van der Waals surface area contributed by atoms with Crippen LogP contribution in [0.1, 0.15) is 116 Å². The van der Waals surface area contributed by atoms with Gasteiger partial charge in [-0.3, -0.25) is 14.5 Å². The Morgan fingerprint density at radius 3 is 2.00 bits per heavy atom. The van der Waals surface area contributed by atoms with E-state index < -0.39 is 0 Å². The van der Waals surface area contributed by atoms with E-state index in [9.17, 15) is 9.59 Å². The summed E-state index contributed by atoms with van der Waals surface area (Å²) in [6.45, 7) is 4.34. The summed E-state index contributed by atoms with van der Waals surface area (Å²) in [6, 6.07) is -0.0279. The van der Waals surface area contributed by atoms with Gasteiger partial charge in [-0.15, -0.1) is 0 Å². The van der Waals surface area contributed by atoms with Crippen molar-refractivity contribution in [3.8, 4) is 0 Å². The molecule has 1 aliphatic heterocycles. The van der Waals surface area contributed by atoms with Gasteiger partial charge in [-0.1, -0.05) is 77.6 Å². The lowest BCUT2D eigenvalue weighted by atomic mass is 9.93. The lowest BCUT2D eigenvalue weighted by Crippen LogP contribution is -2.39. The molecule has 1 fully saturated rings. The van der Waals surface area contributed by atoms with Crippen molar-refractivity contribution in [3.05, 3.63) is 0 Å². The molecule has 0 saturated carbocycles. The molecule has 5 nitrogen and oxygen atoms in total. The number of rotatable bonds is 19. The minimum absolute atomic E-state index is 0.0279. The SMILES string of the molecule is CCCCCCCCCC(CCCCCCCC(=O)OC)CN1CCCC1C(=O)OC. The molecular formula is C26H49NO4. The highest BCUT2D eigenvalue weighted by Crippen LogP contribution is 2.25. The van der Waals surface area contributed by atoms with Crippen molar-refractivity contribution in [1.29, 1.82) is 0 Å². The fraction of sp³-hybridized carbons (Fsp3) is 0.923. The monoisotopic (exact) mass is 439 g/mol. The van der Waals surface area contributed by atoms with Crippen molar-refractivity contribution in [2.45, 2.75) is 122 Å². The largest absolute Gasteiger partial charge is 0.469 e. The number of carbonyl (C=O) groups is 2. The van der Waals surface area contributed by atoms with Gasteiger partial charge in [0.1, 0.15) is 6.04 Å². The Kier molecular flexibility index (Phi) is 16.6. The second-order valence-electron chi connectivity index (χ2n) is 9.33. The van der Waals surface area contributed by atoms with Gasteiger partial charge < -0.3 is 9.47 Å². The van der Waals surface area contributed by atoms with E-state index in [4.69, 9.17) is 9.47 Å². The van der Waals surface area contributed by atoms with Crippen molar-refractivity contribution in [2.75, 3.05) is 27.3 Å². The molecule has 0 bridgehead atoms. The van der Waals surface area contributed by atoms with Crippen LogP contribution in [-0.2, 0) is 19.1 Å². The summed E-state index contributed by atoms with van der Waals surface area (Å²) < 4.78 is 9.74. The van der Waals surface area contributed by atoms with Gasteiger partial charge in [-0.05, 0) is 44.6 Å². The molecule has 0 aliphatic carbocycles. The maximum absolute atomic E-state index is 12.1. The smallest absolute Gasteiger partial charge is 0.323 e. The molecule has 5 heteroatoms. The Balaban J connectivity index is 2.34. The zero-order valence-corrected chi connectivity index (χ0v) is 20.7. The molecule has 0 amide bonds. The summed E-state index contributed by atoms with van der Waals surface area (Å²) in [5.74, 6) is 0.522. The molecule has 1 heterocycles. The molecule has 2 unspecified atom stereocenters. The van der Waals surface area contributed by atoms with Gasteiger partial charge in [0.2, 0.25) is 0 Å². The van der Waals surface area contributed by atoms with Crippen LogP contribution in [0.25, 0.3) is 0 Å². The molecule has 182 valence electrons. The zero-order valence-electron chi connectivity index (χ0n) is 20.7. The first kappa shape index (κ1) is 27.9. The first-order valence-corrected chi connectivity index (χ1v) is 13.0. The minimum atomic E-state index is -0.0967. The molecule has 1 saturated heterocycles. The van der Waals surface area contributed by atoms with Gasteiger partial charge >= 0.3 is 11.9 Å². The van der Waals surface area contributed by atoms with Crippen molar-refractivity contribution >= 4 is 11.9 Å². The van der Waals surface area contributed by atoms with Crippen molar-refractivity contribution < 1.29 is 19.1 Å². The normalized spacial score (nSPS) is 17.6. The van der Waals surface area contributed by atoms with Crippen LogP contribution in [0.4, 0.5) is 0 Å². The predicted octanol–water partition coefficient (Wildman–Crippen LogP) is 6.28. The predicted molar refractivity (Wildman–Crippen MR) is 127 cm³/mol. The number of carbonyl (C=O) groups excluding carboxylic acids is 2. The molecule has 31 heavy (non-hydrogen) atoms. The highest BCUT2D eigenvalue weighted by molar-refractivity contribution is 5.75. The number of hydrogen-bond donors (Lipinski definition) is 0. The van der Waals surface area contributed by atoms with E-state index in [0.717, 1.165) is 38.8 Å². The van der Waals surface area contributed by atoms with Crippen LogP contribution in [0.3, 0.4) is 0 Å². The third kappa shape index (κ3) is 13.1. The van der Waals surface area contributed by atoms with Gasteiger partial charge in [0.15, 0.2) is 0 Å². The van der Waals surface area contributed by atoms with E-state index in [1.165, 1.54) is 91.3 Å². The second kappa shape index (κ2) is 18.5. The molecule has 0 aromatic rings. The first-order valence-electron chi connectivity index (χ1n) is 13.0. The van der Waals surface area contributed by atoms with Gasteiger partial charge in [-0.2, -0.15) is 0 Å². The summed E-state index contributed by atoms with van der Waals surface area (Å²) >= 11 is 0. The van der Waals surface area contributed by atoms with E-state index >= 15 is 0 Å². The van der Waals surface area contributed by atoms with E-state index in [2.05, 4.69) is 11.8 Å². The Labute approximate surface area is 191 Å². The topological polar surface area (TPSA) is 55.8 Å². The number of nitrogens with zero attached hydrogens (tertiary/aromatic N) is 1. The third-order valence-electron chi connectivity index (χ3n) is 6.77. The molecule has 0 spiro atoms. The van der Waals surface area contributed by atoms with Crippen molar-refractivity contribution in [2.24, 2.45) is 5.92 Å². The second-order valence-corrected chi connectivity index (χ2v) is 9.33. The number of esters is 2.